The van der Waals surface area contributed by atoms with Gasteiger partial charge < -0.3 is 15.5 Å². The average molecular weight is 346 g/mol. The molecule has 5 nitrogen and oxygen atoms in total. The molecule has 2 atom stereocenters. The molecule has 0 fully saturated rings. The SMILES string of the molecule is Cc1ccc(NC(=O)C(O)C(O)c2nc3ccccc3s2)cc1F. The molecule has 0 saturated heterocycles. The van der Waals surface area contributed by atoms with Gasteiger partial charge in [-0.15, -0.1) is 11.3 Å². The smallest absolute Gasteiger partial charge is 0.256 e. The molecular formula is C17H15FN2O3S. The van der Waals surface area contributed by atoms with Gasteiger partial charge in [0.05, 0.1) is 10.2 Å². The van der Waals surface area contributed by atoms with Crippen molar-refractivity contribution < 1.29 is 19.4 Å². The van der Waals surface area contributed by atoms with Crippen molar-refractivity contribution in [3.05, 3.63) is 58.9 Å². The average Bonchev–Trinajstić information content (AvgIpc) is 3.01. The zero-order valence-electron chi connectivity index (χ0n) is 12.7. The van der Waals surface area contributed by atoms with E-state index in [0.717, 1.165) is 10.8 Å². The highest BCUT2D eigenvalue weighted by Gasteiger charge is 2.28. The topological polar surface area (TPSA) is 82.5 Å². The predicted octanol–water partition coefficient (Wildman–Crippen LogP) is 2.78. The van der Waals surface area contributed by atoms with Crippen LogP contribution in [0.25, 0.3) is 10.2 Å². The Hall–Kier alpha value is -2.35. The van der Waals surface area contributed by atoms with Crippen molar-refractivity contribution in [3.63, 3.8) is 0 Å². The van der Waals surface area contributed by atoms with Gasteiger partial charge in [-0.1, -0.05) is 18.2 Å². The summed E-state index contributed by atoms with van der Waals surface area (Å²) in [4.78, 5) is 16.3. The number of para-hydroxylation sites is 1. The summed E-state index contributed by atoms with van der Waals surface area (Å²) in [6, 6.07) is 11.5. The van der Waals surface area contributed by atoms with Crippen molar-refractivity contribution in [2.75, 3.05) is 5.32 Å². The van der Waals surface area contributed by atoms with E-state index in [-0.39, 0.29) is 10.7 Å². The number of rotatable bonds is 4. The van der Waals surface area contributed by atoms with E-state index in [1.54, 1.807) is 13.0 Å². The molecule has 7 heteroatoms. The van der Waals surface area contributed by atoms with Gasteiger partial charge in [-0.3, -0.25) is 4.79 Å². The number of aryl methyl sites for hydroxylation is 1. The molecule has 0 bridgehead atoms. The number of aromatic nitrogens is 1. The Bertz CT molecular complexity index is 863. The van der Waals surface area contributed by atoms with Gasteiger partial charge in [0.2, 0.25) is 0 Å². The minimum absolute atomic E-state index is 0.207. The second-order valence-corrected chi connectivity index (χ2v) is 6.42. The molecule has 3 N–H and O–H groups in total. The minimum Gasteiger partial charge on any atom is -0.383 e. The fourth-order valence-electron chi connectivity index (χ4n) is 2.18. The van der Waals surface area contributed by atoms with Crippen molar-refractivity contribution >= 4 is 33.1 Å². The van der Waals surface area contributed by atoms with Crippen LogP contribution in [0.3, 0.4) is 0 Å². The van der Waals surface area contributed by atoms with E-state index in [4.69, 9.17) is 0 Å². The maximum absolute atomic E-state index is 13.5. The van der Waals surface area contributed by atoms with Crippen LogP contribution in [0, 0.1) is 12.7 Å². The first-order valence-corrected chi connectivity index (χ1v) is 8.06. The molecule has 1 amide bonds. The number of hydrogen-bond donors (Lipinski definition) is 3. The molecule has 24 heavy (non-hydrogen) atoms. The Labute approximate surface area is 141 Å². The summed E-state index contributed by atoms with van der Waals surface area (Å²) in [6.07, 6.45) is -3.17. The van der Waals surface area contributed by atoms with Gasteiger partial charge in [0.1, 0.15) is 16.9 Å². The van der Waals surface area contributed by atoms with E-state index < -0.39 is 23.9 Å². The second kappa shape index (κ2) is 6.64. The van der Waals surface area contributed by atoms with Gasteiger partial charge in [-0.2, -0.15) is 0 Å². The standard InChI is InChI=1S/C17H15FN2O3S/c1-9-6-7-10(8-11(9)18)19-16(23)14(21)15(22)17-20-12-4-2-3-5-13(12)24-17/h2-8,14-15,21-22H,1H3,(H,19,23). The van der Waals surface area contributed by atoms with Crippen LogP contribution in [-0.4, -0.2) is 27.2 Å². The zero-order chi connectivity index (χ0) is 17.3. The Balaban J connectivity index is 1.75. The summed E-state index contributed by atoms with van der Waals surface area (Å²) >= 11 is 1.20. The molecular weight excluding hydrogens is 331 g/mol. The minimum atomic E-state index is -1.71. The van der Waals surface area contributed by atoms with Crippen LogP contribution < -0.4 is 5.32 Å². The number of nitrogens with one attached hydrogen (secondary N) is 1. The third kappa shape index (κ3) is 3.28. The van der Waals surface area contributed by atoms with E-state index in [1.807, 2.05) is 18.2 Å². The molecule has 0 radical (unpaired) electrons. The lowest BCUT2D eigenvalue weighted by Crippen LogP contribution is -2.33. The Morgan fingerprint density at radius 2 is 2.00 bits per heavy atom. The number of fused-ring (bicyclic) bond motifs is 1. The van der Waals surface area contributed by atoms with Crippen LogP contribution in [0.15, 0.2) is 42.5 Å². The quantitative estimate of drug-likeness (QED) is 0.678. The van der Waals surface area contributed by atoms with Crippen LogP contribution in [0.2, 0.25) is 0 Å². The number of carbonyl (C=O) groups is 1. The van der Waals surface area contributed by atoms with E-state index in [0.29, 0.717) is 11.1 Å². The highest BCUT2D eigenvalue weighted by Crippen LogP contribution is 2.28. The molecule has 124 valence electrons. The second-order valence-electron chi connectivity index (χ2n) is 5.36. The highest BCUT2D eigenvalue weighted by atomic mass is 32.1. The fourth-order valence-corrected chi connectivity index (χ4v) is 3.17. The summed E-state index contributed by atoms with van der Waals surface area (Å²) in [6.45, 7) is 1.60. The number of anilines is 1. The van der Waals surface area contributed by atoms with Crippen molar-refractivity contribution in [3.8, 4) is 0 Å². The van der Waals surface area contributed by atoms with E-state index >= 15 is 0 Å². The number of amides is 1. The third-order valence-electron chi connectivity index (χ3n) is 3.57. The van der Waals surface area contributed by atoms with Gasteiger partial charge in [0.25, 0.3) is 5.91 Å². The summed E-state index contributed by atoms with van der Waals surface area (Å²) < 4.78 is 14.3. The van der Waals surface area contributed by atoms with Gasteiger partial charge in [0.15, 0.2) is 6.10 Å². The lowest BCUT2D eigenvalue weighted by Gasteiger charge is -2.15. The number of thiazole rings is 1. The molecule has 0 aliphatic rings. The first-order valence-electron chi connectivity index (χ1n) is 7.24. The van der Waals surface area contributed by atoms with Crippen molar-refractivity contribution in [2.24, 2.45) is 0 Å². The van der Waals surface area contributed by atoms with Crippen LogP contribution in [-0.2, 0) is 4.79 Å². The van der Waals surface area contributed by atoms with Gasteiger partial charge >= 0.3 is 0 Å². The van der Waals surface area contributed by atoms with E-state index in [1.165, 1.54) is 23.5 Å². The van der Waals surface area contributed by atoms with Crippen LogP contribution in [0.5, 0.6) is 0 Å². The number of halogens is 1. The monoisotopic (exact) mass is 346 g/mol. The van der Waals surface area contributed by atoms with Crippen LogP contribution in [0.4, 0.5) is 10.1 Å². The molecule has 0 saturated carbocycles. The number of nitrogens with zero attached hydrogens (tertiary/aromatic N) is 1. The van der Waals surface area contributed by atoms with Crippen LogP contribution >= 0.6 is 11.3 Å². The van der Waals surface area contributed by atoms with Crippen LogP contribution in [0.1, 0.15) is 16.7 Å². The van der Waals surface area contributed by atoms with Crippen molar-refractivity contribution in [1.82, 2.24) is 4.98 Å². The zero-order valence-corrected chi connectivity index (χ0v) is 13.5. The maximum atomic E-state index is 13.5. The fraction of sp³-hybridized carbons (Fsp3) is 0.176. The molecule has 3 aromatic rings. The normalized spacial score (nSPS) is 13.7. The molecule has 1 aromatic heterocycles. The summed E-state index contributed by atoms with van der Waals surface area (Å²) in [5.74, 6) is -1.29. The summed E-state index contributed by atoms with van der Waals surface area (Å²) in [5, 5.41) is 22.9. The lowest BCUT2D eigenvalue weighted by molar-refractivity contribution is -0.129. The molecule has 2 unspecified atom stereocenters. The molecule has 0 aliphatic heterocycles. The van der Waals surface area contributed by atoms with E-state index in [9.17, 15) is 19.4 Å². The Kier molecular flexibility index (Phi) is 4.57. The van der Waals surface area contributed by atoms with Gasteiger partial charge in [0, 0.05) is 5.69 Å². The Morgan fingerprint density at radius 3 is 2.71 bits per heavy atom. The molecule has 1 heterocycles. The highest BCUT2D eigenvalue weighted by molar-refractivity contribution is 7.18. The third-order valence-corrected chi connectivity index (χ3v) is 4.68. The predicted molar refractivity (Wildman–Crippen MR) is 90.4 cm³/mol. The lowest BCUT2D eigenvalue weighted by atomic mass is 10.1. The first-order chi connectivity index (χ1) is 11.5. The molecule has 2 aromatic carbocycles. The first kappa shape index (κ1) is 16.5. The largest absolute Gasteiger partial charge is 0.383 e. The van der Waals surface area contributed by atoms with Gasteiger partial charge in [-0.25, -0.2) is 9.37 Å². The number of carbonyl (C=O) groups excluding carboxylic acids is 1. The number of benzene rings is 2. The van der Waals surface area contributed by atoms with E-state index in [2.05, 4.69) is 10.3 Å². The summed E-state index contributed by atoms with van der Waals surface area (Å²) in [7, 11) is 0. The number of hydrogen-bond acceptors (Lipinski definition) is 5. The number of aliphatic hydroxyl groups is 2. The summed E-state index contributed by atoms with van der Waals surface area (Å²) in [5.41, 5.74) is 1.34. The van der Waals surface area contributed by atoms with Crippen molar-refractivity contribution in [1.29, 1.82) is 0 Å². The molecule has 0 aliphatic carbocycles. The molecule has 3 rings (SSSR count). The number of aliphatic hydroxyl groups excluding tert-OH is 2. The van der Waals surface area contributed by atoms with Gasteiger partial charge in [-0.05, 0) is 36.8 Å². The Morgan fingerprint density at radius 1 is 1.25 bits per heavy atom. The molecule has 0 spiro atoms. The maximum Gasteiger partial charge on any atom is 0.256 e. The van der Waals surface area contributed by atoms with Crippen molar-refractivity contribution in [2.45, 2.75) is 19.1 Å².